The van der Waals surface area contributed by atoms with Crippen LogP contribution in [0.1, 0.15) is 187 Å². The van der Waals surface area contributed by atoms with Gasteiger partial charge in [0.05, 0.1) is 18.8 Å². The molecule has 0 aromatic carbocycles. The molecule has 0 aromatic heterocycles. The second-order valence-electron chi connectivity index (χ2n) is 12.4. The third-order valence-electron chi connectivity index (χ3n) is 8.38. The number of allylic oxidation sites excluding steroid dienone is 1. The molecule has 0 heterocycles. The van der Waals surface area contributed by atoms with E-state index in [1.165, 1.54) is 135 Å². The Labute approximate surface area is 255 Å². The van der Waals surface area contributed by atoms with Gasteiger partial charge in [-0.05, 0) is 19.3 Å². The molecule has 41 heavy (non-hydrogen) atoms. The van der Waals surface area contributed by atoms with Crippen molar-refractivity contribution in [3.63, 3.8) is 0 Å². The van der Waals surface area contributed by atoms with Gasteiger partial charge in [0.1, 0.15) is 6.10 Å². The Balaban J connectivity index is 3.66. The third kappa shape index (κ3) is 27.7. The van der Waals surface area contributed by atoms with Gasteiger partial charge in [0.2, 0.25) is 5.91 Å². The number of rotatable bonds is 32. The molecule has 0 rings (SSSR count). The minimum absolute atomic E-state index is 0.361. The summed E-state index contributed by atoms with van der Waals surface area (Å²) in [5.41, 5.74) is 0. The molecule has 0 saturated heterocycles. The van der Waals surface area contributed by atoms with Crippen molar-refractivity contribution in [1.82, 2.24) is 5.32 Å². The highest BCUT2D eigenvalue weighted by Crippen LogP contribution is 2.15. The topological polar surface area (TPSA) is 89.8 Å². The van der Waals surface area contributed by atoms with Crippen LogP contribution in [-0.4, -0.2) is 46.1 Å². The van der Waals surface area contributed by atoms with Crippen molar-refractivity contribution < 1.29 is 20.1 Å². The minimum Gasteiger partial charge on any atom is -0.394 e. The summed E-state index contributed by atoms with van der Waals surface area (Å²) < 4.78 is 0. The van der Waals surface area contributed by atoms with E-state index < -0.39 is 24.2 Å². The zero-order valence-corrected chi connectivity index (χ0v) is 27.4. The van der Waals surface area contributed by atoms with E-state index in [1.54, 1.807) is 6.08 Å². The molecule has 244 valence electrons. The SMILES string of the molecule is CCCCCCCCC/C=C/[C@@H](O)[C@H](CO)NC(=O)C(O)CCCCCCCCCCCCCCCCCCCC. The molecule has 3 atom stereocenters. The summed E-state index contributed by atoms with van der Waals surface area (Å²) in [6.07, 6.45) is 35.2. The predicted molar refractivity (Wildman–Crippen MR) is 176 cm³/mol. The molecule has 5 nitrogen and oxygen atoms in total. The molecule has 1 amide bonds. The second kappa shape index (κ2) is 32.0. The van der Waals surface area contributed by atoms with Gasteiger partial charge in [0.15, 0.2) is 0 Å². The van der Waals surface area contributed by atoms with Crippen molar-refractivity contribution >= 4 is 5.91 Å². The molecule has 0 bridgehead atoms. The van der Waals surface area contributed by atoms with Crippen molar-refractivity contribution in [2.24, 2.45) is 0 Å². The first kappa shape index (κ1) is 40.1. The molecule has 0 aromatic rings. The van der Waals surface area contributed by atoms with Gasteiger partial charge in [-0.25, -0.2) is 0 Å². The van der Waals surface area contributed by atoms with Crippen LogP contribution in [-0.2, 0) is 4.79 Å². The summed E-state index contributed by atoms with van der Waals surface area (Å²) in [7, 11) is 0. The van der Waals surface area contributed by atoms with Crippen LogP contribution in [0.2, 0.25) is 0 Å². The van der Waals surface area contributed by atoms with Gasteiger partial charge in [-0.2, -0.15) is 0 Å². The Morgan fingerprint density at radius 3 is 1.34 bits per heavy atom. The van der Waals surface area contributed by atoms with Gasteiger partial charge in [-0.3, -0.25) is 4.79 Å². The maximum Gasteiger partial charge on any atom is 0.249 e. The lowest BCUT2D eigenvalue weighted by Crippen LogP contribution is -2.48. The number of hydrogen-bond acceptors (Lipinski definition) is 4. The quantitative estimate of drug-likeness (QED) is 0.0471. The lowest BCUT2D eigenvalue weighted by Gasteiger charge is -2.21. The highest BCUT2D eigenvalue weighted by molar-refractivity contribution is 5.80. The first-order valence-electron chi connectivity index (χ1n) is 18.0. The second-order valence-corrected chi connectivity index (χ2v) is 12.4. The fourth-order valence-corrected chi connectivity index (χ4v) is 5.48. The normalized spacial score (nSPS) is 14.0. The zero-order valence-electron chi connectivity index (χ0n) is 27.4. The van der Waals surface area contributed by atoms with Gasteiger partial charge < -0.3 is 20.6 Å². The predicted octanol–water partition coefficient (Wildman–Crippen LogP) is 9.31. The summed E-state index contributed by atoms with van der Waals surface area (Å²) in [5, 5.41) is 32.8. The number of unbranched alkanes of at least 4 members (excludes halogenated alkanes) is 24. The van der Waals surface area contributed by atoms with E-state index in [2.05, 4.69) is 19.2 Å². The van der Waals surface area contributed by atoms with Gasteiger partial charge in [-0.1, -0.05) is 180 Å². The summed E-state index contributed by atoms with van der Waals surface area (Å²) in [6.45, 7) is 4.14. The molecule has 0 aliphatic heterocycles. The van der Waals surface area contributed by atoms with Crippen LogP contribution in [0.4, 0.5) is 0 Å². The monoisotopic (exact) mass is 582 g/mol. The van der Waals surface area contributed by atoms with E-state index in [4.69, 9.17) is 0 Å². The molecular formula is C36H71NO4. The largest absolute Gasteiger partial charge is 0.394 e. The summed E-state index contributed by atoms with van der Waals surface area (Å²) >= 11 is 0. The van der Waals surface area contributed by atoms with E-state index in [9.17, 15) is 20.1 Å². The summed E-state index contributed by atoms with van der Waals surface area (Å²) in [4.78, 5) is 12.3. The van der Waals surface area contributed by atoms with E-state index >= 15 is 0 Å². The number of aliphatic hydroxyl groups is 3. The Morgan fingerprint density at radius 2 is 0.951 bits per heavy atom. The highest BCUT2D eigenvalue weighted by atomic mass is 16.3. The lowest BCUT2D eigenvalue weighted by atomic mass is 10.0. The average Bonchev–Trinajstić information content (AvgIpc) is 2.98. The Morgan fingerprint density at radius 1 is 0.585 bits per heavy atom. The van der Waals surface area contributed by atoms with Crippen molar-refractivity contribution in [3.05, 3.63) is 12.2 Å². The molecule has 4 N–H and O–H groups in total. The van der Waals surface area contributed by atoms with Crippen molar-refractivity contribution in [3.8, 4) is 0 Å². The number of hydrogen-bond donors (Lipinski definition) is 4. The molecule has 5 heteroatoms. The van der Waals surface area contributed by atoms with Crippen LogP contribution in [0.25, 0.3) is 0 Å². The Bertz CT molecular complexity index is 568. The maximum atomic E-state index is 12.3. The van der Waals surface area contributed by atoms with E-state index in [-0.39, 0.29) is 6.61 Å². The standard InChI is InChI=1S/C36H71NO4/c1-3-5-7-9-11-13-14-15-16-17-18-19-20-21-23-25-27-29-31-35(40)36(41)37-33(32-38)34(39)30-28-26-24-22-12-10-8-6-4-2/h28,30,33-35,38-40H,3-27,29,31-32H2,1-2H3,(H,37,41)/b30-28+/t33-,34+,35?/m0/s1. The van der Waals surface area contributed by atoms with Crippen LogP contribution in [0, 0.1) is 0 Å². The lowest BCUT2D eigenvalue weighted by molar-refractivity contribution is -0.131. The first-order valence-corrected chi connectivity index (χ1v) is 18.0. The van der Waals surface area contributed by atoms with Crippen LogP contribution in [0.3, 0.4) is 0 Å². The average molecular weight is 582 g/mol. The Hall–Kier alpha value is -0.910. The van der Waals surface area contributed by atoms with Crippen molar-refractivity contribution in [2.45, 2.75) is 205 Å². The van der Waals surface area contributed by atoms with Crippen LogP contribution in [0.15, 0.2) is 12.2 Å². The fraction of sp³-hybridized carbons (Fsp3) is 0.917. The molecule has 0 fully saturated rings. The van der Waals surface area contributed by atoms with Gasteiger partial charge >= 0.3 is 0 Å². The fourth-order valence-electron chi connectivity index (χ4n) is 5.48. The van der Waals surface area contributed by atoms with E-state index in [0.717, 1.165) is 32.1 Å². The number of carbonyl (C=O) groups is 1. The van der Waals surface area contributed by atoms with Gasteiger partial charge in [-0.15, -0.1) is 0 Å². The molecule has 1 unspecified atom stereocenters. The number of amides is 1. The zero-order chi connectivity index (χ0) is 30.2. The van der Waals surface area contributed by atoms with Crippen LogP contribution >= 0.6 is 0 Å². The minimum atomic E-state index is -1.09. The molecule has 0 saturated carbocycles. The number of carbonyl (C=O) groups excluding carboxylic acids is 1. The molecular weight excluding hydrogens is 510 g/mol. The van der Waals surface area contributed by atoms with Crippen molar-refractivity contribution in [2.75, 3.05) is 6.61 Å². The smallest absolute Gasteiger partial charge is 0.249 e. The van der Waals surface area contributed by atoms with Crippen LogP contribution < -0.4 is 5.32 Å². The summed E-state index contributed by atoms with van der Waals surface area (Å²) in [6, 6.07) is -0.789. The highest BCUT2D eigenvalue weighted by Gasteiger charge is 2.22. The summed E-state index contributed by atoms with van der Waals surface area (Å²) in [5.74, 6) is -0.504. The Kier molecular flexibility index (Phi) is 31.3. The molecule has 0 spiro atoms. The molecule has 0 aliphatic rings. The van der Waals surface area contributed by atoms with Crippen LogP contribution in [0.5, 0.6) is 0 Å². The molecule has 0 aliphatic carbocycles. The first-order chi connectivity index (χ1) is 20.1. The molecule has 0 radical (unpaired) electrons. The van der Waals surface area contributed by atoms with Crippen molar-refractivity contribution in [1.29, 1.82) is 0 Å². The van der Waals surface area contributed by atoms with Gasteiger partial charge in [0, 0.05) is 0 Å². The third-order valence-corrected chi connectivity index (χ3v) is 8.38. The van der Waals surface area contributed by atoms with E-state index in [1.807, 2.05) is 6.08 Å². The number of nitrogens with one attached hydrogen (secondary N) is 1. The number of aliphatic hydroxyl groups excluding tert-OH is 3. The van der Waals surface area contributed by atoms with E-state index in [0.29, 0.717) is 6.42 Å². The van der Waals surface area contributed by atoms with Gasteiger partial charge in [0.25, 0.3) is 0 Å². The maximum absolute atomic E-state index is 12.3.